The Kier molecular flexibility index (Phi) is 3.64. The lowest BCUT2D eigenvalue weighted by Crippen LogP contribution is -2.44. The zero-order valence-electron chi connectivity index (χ0n) is 11.0. The summed E-state index contributed by atoms with van der Waals surface area (Å²) in [4.78, 5) is 9.23. The standard InChI is InChI=1S/C13H22N4/c1-10-8-13(15-9-12(10)11(2)14)17-6-4-16(3)5-7-17/h8-9,11H,4-7,14H2,1-3H3/t11-/m0/s1. The molecule has 1 fully saturated rings. The van der Waals surface area contributed by atoms with Gasteiger partial charge in [-0.3, -0.25) is 0 Å². The largest absolute Gasteiger partial charge is 0.354 e. The van der Waals surface area contributed by atoms with E-state index in [-0.39, 0.29) is 6.04 Å². The van der Waals surface area contributed by atoms with Gasteiger partial charge in [0, 0.05) is 38.4 Å². The van der Waals surface area contributed by atoms with Gasteiger partial charge in [-0.1, -0.05) is 0 Å². The number of aromatic nitrogens is 1. The first-order valence-electron chi connectivity index (χ1n) is 6.23. The molecule has 0 amide bonds. The first-order valence-corrected chi connectivity index (χ1v) is 6.23. The van der Waals surface area contributed by atoms with Crippen LogP contribution < -0.4 is 10.6 Å². The monoisotopic (exact) mass is 234 g/mol. The van der Waals surface area contributed by atoms with Crippen LogP contribution in [0.3, 0.4) is 0 Å². The van der Waals surface area contributed by atoms with Gasteiger partial charge in [0.2, 0.25) is 0 Å². The zero-order valence-corrected chi connectivity index (χ0v) is 11.0. The maximum absolute atomic E-state index is 5.90. The van der Waals surface area contributed by atoms with E-state index < -0.39 is 0 Å². The summed E-state index contributed by atoms with van der Waals surface area (Å²) in [7, 11) is 2.16. The molecule has 1 aliphatic heterocycles. The molecule has 4 heteroatoms. The van der Waals surface area contributed by atoms with Crippen molar-refractivity contribution in [3.8, 4) is 0 Å². The molecule has 0 saturated carbocycles. The van der Waals surface area contributed by atoms with E-state index in [0.717, 1.165) is 37.6 Å². The molecule has 4 nitrogen and oxygen atoms in total. The van der Waals surface area contributed by atoms with Gasteiger partial charge in [0.15, 0.2) is 0 Å². The first kappa shape index (κ1) is 12.3. The Labute approximate surface area is 103 Å². The van der Waals surface area contributed by atoms with Gasteiger partial charge in [0.25, 0.3) is 0 Å². The Morgan fingerprint density at radius 1 is 1.29 bits per heavy atom. The second kappa shape index (κ2) is 5.02. The van der Waals surface area contributed by atoms with Crippen molar-refractivity contribution in [3.05, 3.63) is 23.4 Å². The van der Waals surface area contributed by atoms with Crippen LogP contribution in [0.25, 0.3) is 0 Å². The first-order chi connectivity index (χ1) is 8.08. The van der Waals surface area contributed by atoms with Crippen molar-refractivity contribution in [1.82, 2.24) is 9.88 Å². The summed E-state index contributed by atoms with van der Waals surface area (Å²) in [5, 5.41) is 0. The van der Waals surface area contributed by atoms with Crippen molar-refractivity contribution >= 4 is 5.82 Å². The van der Waals surface area contributed by atoms with E-state index in [0.29, 0.717) is 0 Å². The van der Waals surface area contributed by atoms with Gasteiger partial charge in [-0.25, -0.2) is 4.98 Å². The van der Waals surface area contributed by atoms with E-state index in [9.17, 15) is 0 Å². The molecule has 1 aliphatic rings. The second-order valence-electron chi connectivity index (χ2n) is 4.98. The van der Waals surface area contributed by atoms with Gasteiger partial charge in [-0.2, -0.15) is 0 Å². The molecule has 2 N–H and O–H groups in total. The van der Waals surface area contributed by atoms with E-state index in [1.807, 2.05) is 13.1 Å². The number of pyridine rings is 1. The highest BCUT2D eigenvalue weighted by molar-refractivity contribution is 5.44. The normalized spacial score (nSPS) is 19.4. The molecular weight excluding hydrogens is 212 g/mol. The lowest BCUT2D eigenvalue weighted by Gasteiger charge is -2.33. The lowest BCUT2D eigenvalue weighted by atomic mass is 10.1. The molecule has 0 aliphatic carbocycles. The molecule has 1 saturated heterocycles. The van der Waals surface area contributed by atoms with Crippen LogP contribution in [-0.4, -0.2) is 43.1 Å². The number of hydrogen-bond acceptors (Lipinski definition) is 4. The quantitative estimate of drug-likeness (QED) is 0.834. The Balaban J connectivity index is 2.14. The molecule has 0 spiro atoms. The van der Waals surface area contributed by atoms with Crippen molar-refractivity contribution in [3.63, 3.8) is 0 Å². The Bertz CT molecular complexity index is 381. The lowest BCUT2D eigenvalue weighted by molar-refractivity contribution is 0.312. The van der Waals surface area contributed by atoms with Crippen molar-refractivity contribution in [1.29, 1.82) is 0 Å². The number of likely N-dealkylation sites (N-methyl/N-ethyl adjacent to an activating group) is 1. The van der Waals surface area contributed by atoms with Crippen LogP contribution in [0.15, 0.2) is 12.3 Å². The number of nitrogens with two attached hydrogens (primary N) is 1. The molecule has 0 radical (unpaired) electrons. The summed E-state index contributed by atoms with van der Waals surface area (Å²) in [5.74, 6) is 1.08. The third-order valence-electron chi connectivity index (χ3n) is 3.45. The summed E-state index contributed by atoms with van der Waals surface area (Å²) < 4.78 is 0. The van der Waals surface area contributed by atoms with Crippen LogP contribution in [0, 0.1) is 6.92 Å². The number of hydrogen-bond donors (Lipinski definition) is 1. The molecule has 0 bridgehead atoms. The average Bonchev–Trinajstić information content (AvgIpc) is 2.29. The van der Waals surface area contributed by atoms with E-state index in [2.05, 4.69) is 34.8 Å². The third kappa shape index (κ3) is 2.76. The maximum Gasteiger partial charge on any atom is 0.128 e. The molecule has 2 rings (SSSR count). The number of anilines is 1. The molecule has 1 atom stereocenters. The van der Waals surface area contributed by atoms with Crippen molar-refractivity contribution in [2.24, 2.45) is 5.73 Å². The summed E-state index contributed by atoms with van der Waals surface area (Å²) in [6, 6.07) is 2.22. The maximum atomic E-state index is 5.90. The van der Waals surface area contributed by atoms with E-state index in [4.69, 9.17) is 5.73 Å². The van der Waals surface area contributed by atoms with E-state index in [1.54, 1.807) is 0 Å². The van der Waals surface area contributed by atoms with E-state index in [1.165, 1.54) is 5.56 Å². The van der Waals surface area contributed by atoms with Crippen LogP contribution in [0.5, 0.6) is 0 Å². The minimum absolute atomic E-state index is 0.0593. The predicted molar refractivity (Wildman–Crippen MR) is 71.3 cm³/mol. The smallest absolute Gasteiger partial charge is 0.128 e. The highest BCUT2D eigenvalue weighted by Crippen LogP contribution is 2.20. The van der Waals surface area contributed by atoms with Gasteiger partial charge >= 0.3 is 0 Å². The summed E-state index contributed by atoms with van der Waals surface area (Å²) in [5.41, 5.74) is 8.28. The number of piperazine rings is 1. The second-order valence-corrected chi connectivity index (χ2v) is 4.98. The molecule has 94 valence electrons. The summed E-state index contributed by atoms with van der Waals surface area (Å²) in [6.07, 6.45) is 1.92. The molecular formula is C13H22N4. The van der Waals surface area contributed by atoms with Crippen molar-refractivity contribution in [2.75, 3.05) is 38.1 Å². The van der Waals surface area contributed by atoms with Gasteiger partial charge in [0.05, 0.1) is 0 Å². The highest BCUT2D eigenvalue weighted by atomic mass is 15.3. The molecule has 1 aromatic rings. The van der Waals surface area contributed by atoms with Gasteiger partial charge in [-0.15, -0.1) is 0 Å². The van der Waals surface area contributed by atoms with Crippen LogP contribution in [-0.2, 0) is 0 Å². The van der Waals surface area contributed by atoms with Crippen LogP contribution in [0.2, 0.25) is 0 Å². The average molecular weight is 234 g/mol. The van der Waals surface area contributed by atoms with Gasteiger partial charge in [-0.05, 0) is 38.1 Å². The van der Waals surface area contributed by atoms with E-state index >= 15 is 0 Å². The molecule has 0 unspecified atom stereocenters. The number of rotatable bonds is 2. The van der Waals surface area contributed by atoms with Crippen molar-refractivity contribution in [2.45, 2.75) is 19.9 Å². The van der Waals surface area contributed by atoms with Crippen LogP contribution in [0.4, 0.5) is 5.82 Å². The fourth-order valence-corrected chi connectivity index (χ4v) is 2.24. The number of aryl methyl sites for hydroxylation is 1. The number of nitrogens with zero attached hydrogens (tertiary/aromatic N) is 3. The van der Waals surface area contributed by atoms with Crippen LogP contribution in [0.1, 0.15) is 24.1 Å². The SMILES string of the molecule is Cc1cc(N2CCN(C)CC2)ncc1[C@H](C)N. The predicted octanol–water partition coefficient (Wildman–Crippen LogP) is 1.16. The fourth-order valence-electron chi connectivity index (χ4n) is 2.24. The third-order valence-corrected chi connectivity index (χ3v) is 3.45. The highest BCUT2D eigenvalue weighted by Gasteiger charge is 2.16. The van der Waals surface area contributed by atoms with Crippen molar-refractivity contribution < 1.29 is 0 Å². The van der Waals surface area contributed by atoms with Gasteiger partial charge < -0.3 is 15.5 Å². The molecule has 1 aromatic heterocycles. The Morgan fingerprint density at radius 2 is 1.94 bits per heavy atom. The minimum atomic E-state index is 0.0593. The summed E-state index contributed by atoms with van der Waals surface area (Å²) >= 11 is 0. The molecule has 17 heavy (non-hydrogen) atoms. The Morgan fingerprint density at radius 3 is 2.47 bits per heavy atom. The fraction of sp³-hybridized carbons (Fsp3) is 0.615. The Hall–Kier alpha value is -1.13. The molecule has 0 aromatic carbocycles. The minimum Gasteiger partial charge on any atom is -0.354 e. The van der Waals surface area contributed by atoms with Gasteiger partial charge in [0.1, 0.15) is 5.82 Å². The molecule has 2 heterocycles. The summed E-state index contributed by atoms with van der Waals surface area (Å²) in [6.45, 7) is 8.44. The van der Waals surface area contributed by atoms with Crippen LogP contribution >= 0.6 is 0 Å². The topological polar surface area (TPSA) is 45.4 Å². The zero-order chi connectivity index (χ0) is 12.4.